The Morgan fingerprint density at radius 2 is 1.76 bits per heavy atom. The molecular weight excluding hydrogens is 364 g/mol. The van der Waals surface area contributed by atoms with Crippen molar-refractivity contribution in [3.8, 4) is 0 Å². The zero-order valence-corrected chi connectivity index (χ0v) is 16.7. The molecule has 2 heterocycles. The fourth-order valence-corrected chi connectivity index (χ4v) is 4.17. The summed E-state index contributed by atoms with van der Waals surface area (Å²) in [6.45, 7) is 3.36. The van der Waals surface area contributed by atoms with Gasteiger partial charge in [-0.05, 0) is 49.3 Å². The van der Waals surface area contributed by atoms with Crippen LogP contribution in [0.15, 0.2) is 59.4 Å². The molecule has 150 valence electrons. The van der Waals surface area contributed by atoms with Gasteiger partial charge in [0, 0.05) is 13.1 Å². The monoisotopic (exact) mass is 390 g/mol. The summed E-state index contributed by atoms with van der Waals surface area (Å²) in [6.07, 6.45) is 3.52. The molecule has 1 saturated heterocycles. The van der Waals surface area contributed by atoms with Crippen molar-refractivity contribution in [2.45, 2.75) is 38.6 Å². The van der Waals surface area contributed by atoms with Crippen molar-refractivity contribution >= 4 is 16.8 Å². The molecule has 1 aliphatic rings. The van der Waals surface area contributed by atoms with Gasteiger partial charge in [0.2, 0.25) is 5.91 Å². The van der Waals surface area contributed by atoms with Gasteiger partial charge < -0.3 is 4.90 Å². The summed E-state index contributed by atoms with van der Waals surface area (Å²) in [6, 6.07) is 17.0. The number of benzene rings is 2. The Balaban J connectivity index is 1.46. The van der Waals surface area contributed by atoms with Crippen LogP contribution in [0.3, 0.4) is 0 Å². The van der Waals surface area contributed by atoms with Crippen molar-refractivity contribution in [1.29, 1.82) is 0 Å². The molecule has 1 unspecified atom stereocenters. The highest BCUT2D eigenvalue weighted by molar-refractivity contribution is 5.81. The minimum atomic E-state index is -0.606. The van der Waals surface area contributed by atoms with E-state index in [2.05, 4.69) is 34.6 Å². The van der Waals surface area contributed by atoms with Gasteiger partial charge in [0.05, 0.1) is 5.39 Å². The topological polar surface area (TPSA) is 68.1 Å². The fraction of sp³-hybridized carbons (Fsp3) is 0.391. The number of fused-ring (bicyclic) bond motifs is 1. The van der Waals surface area contributed by atoms with Gasteiger partial charge in [-0.15, -0.1) is 5.10 Å². The lowest BCUT2D eigenvalue weighted by Crippen LogP contribution is -2.45. The number of hydrogen-bond donors (Lipinski definition) is 0. The molecule has 4 rings (SSSR count). The Bertz CT molecular complexity index is 1040. The molecule has 3 aromatic rings. The quantitative estimate of drug-likeness (QED) is 0.671. The zero-order valence-electron chi connectivity index (χ0n) is 16.7. The first-order valence-corrected chi connectivity index (χ1v) is 10.3. The fourth-order valence-electron chi connectivity index (χ4n) is 4.17. The third-order valence-electron chi connectivity index (χ3n) is 5.85. The third kappa shape index (κ3) is 4.06. The summed E-state index contributed by atoms with van der Waals surface area (Å²) in [7, 11) is 0. The van der Waals surface area contributed by atoms with Crippen LogP contribution in [0.2, 0.25) is 0 Å². The van der Waals surface area contributed by atoms with Crippen LogP contribution in [-0.4, -0.2) is 38.9 Å². The molecule has 0 spiro atoms. The van der Waals surface area contributed by atoms with E-state index in [1.165, 1.54) is 10.2 Å². The minimum Gasteiger partial charge on any atom is -0.341 e. The SMILES string of the molecule is CCC(C(=O)N1CCC(Cc2ccccc2)CC1)n1nnc2ccccc2c1=O. The molecule has 1 atom stereocenters. The molecule has 6 heteroatoms. The van der Waals surface area contributed by atoms with E-state index in [9.17, 15) is 9.59 Å². The van der Waals surface area contributed by atoms with Crippen LogP contribution >= 0.6 is 0 Å². The van der Waals surface area contributed by atoms with Gasteiger partial charge in [-0.25, -0.2) is 0 Å². The number of carbonyl (C=O) groups excluding carboxylic acids is 1. The van der Waals surface area contributed by atoms with E-state index in [0.29, 0.717) is 23.2 Å². The van der Waals surface area contributed by atoms with Crippen LogP contribution in [0.4, 0.5) is 0 Å². The molecule has 2 aromatic carbocycles. The highest BCUT2D eigenvalue weighted by Gasteiger charge is 2.30. The van der Waals surface area contributed by atoms with E-state index in [4.69, 9.17) is 0 Å². The van der Waals surface area contributed by atoms with Gasteiger partial charge in [-0.1, -0.05) is 54.6 Å². The van der Waals surface area contributed by atoms with Crippen LogP contribution in [0.25, 0.3) is 10.9 Å². The molecule has 0 aliphatic carbocycles. The van der Waals surface area contributed by atoms with Crippen LogP contribution in [0.5, 0.6) is 0 Å². The number of hydrogen-bond acceptors (Lipinski definition) is 4. The van der Waals surface area contributed by atoms with E-state index in [0.717, 1.165) is 32.4 Å². The first-order valence-electron chi connectivity index (χ1n) is 10.3. The predicted molar refractivity (Wildman–Crippen MR) is 113 cm³/mol. The number of rotatable bonds is 5. The number of nitrogens with zero attached hydrogens (tertiary/aromatic N) is 4. The molecule has 6 nitrogen and oxygen atoms in total. The van der Waals surface area contributed by atoms with Crippen LogP contribution in [0, 0.1) is 5.92 Å². The van der Waals surface area contributed by atoms with E-state index in [1.807, 2.05) is 24.0 Å². The molecule has 1 fully saturated rings. The molecule has 0 bridgehead atoms. The Kier molecular flexibility index (Phi) is 5.69. The zero-order chi connectivity index (χ0) is 20.2. The Hall–Kier alpha value is -3.02. The van der Waals surface area contributed by atoms with Crippen LogP contribution in [0.1, 0.15) is 37.8 Å². The maximum Gasteiger partial charge on any atom is 0.278 e. The predicted octanol–water partition coefficient (Wildman–Crippen LogP) is 3.22. The van der Waals surface area contributed by atoms with Crippen molar-refractivity contribution < 1.29 is 4.79 Å². The summed E-state index contributed by atoms with van der Waals surface area (Å²) in [4.78, 5) is 27.9. The summed E-state index contributed by atoms with van der Waals surface area (Å²) < 4.78 is 1.26. The van der Waals surface area contributed by atoms with Crippen molar-refractivity contribution in [1.82, 2.24) is 19.9 Å². The number of carbonyl (C=O) groups is 1. The molecule has 0 N–H and O–H groups in total. The maximum absolute atomic E-state index is 13.2. The van der Waals surface area contributed by atoms with Gasteiger partial charge >= 0.3 is 0 Å². The van der Waals surface area contributed by atoms with Gasteiger partial charge in [-0.3, -0.25) is 9.59 Å². The number of likely N-dealkylation sites (tertiary alicyclic amines) is 1. The molecule has 1 amide bonds. The van der Waals surface area contributed by atoms with E-state index >= 15 is 0 Å². The minimum absolute atomic E-state index is 0.0302. The standard InChI is InChI=1S/C23H26N4O2/c1-2-21(27-22(28)19-10-6-7-11-20(19)24-25-27)23(29)26-14-12-18(13-15-26)16-17-8-4-3-5-9-17/h3-11,18,21H,2,12-16H2,1H3. The van der Waals surface area contributed by atoms with E-state index < -0.39 is 6.04 Å². The first-order chi connectivity index (χ1) is 14.2. The van der Waals surface area contributed by atoms with Gasteiger partial charge in [0.25, 0.3) is 5.56 Å². The number of amides is 1. The van der Waals surface area contributed by atoms with Crippen molar-refractivity contribution in [2.24, 2.45) is 5.92 Å². The average Bonchev–Trinajstić information content (AvgIpc) is 2.77. The van der Waals surface area contributed by atoms with Crippen molar-refractivity contribution in [2.75, 3.05) is 13.1 Å². The molecule has 1 aromatic heterocycles. The van der Waals surface area contributed by atoms with Crippen molar-refractivity contribution in [3.05, 3.63) is 70.5 Å². The Labute approximate surface area is 170 Å². The van der Waals surface area contributed by atoms with Gasteiger partial charge in [0.1, 0.15) is 11.6 Å². The summed E-state index contributed by atoms with van der Waals surface area (Å²) >= 11 is 0. The number of aromatic nitrogens is 3. The molecule has 29 heavy (non-hydrogen) atoms. The average molecular weight is 390 g/mol. The van der Waals surface area contributed by atoms with Gasteiger partial charge in [-0.2, -0.15) is 4.68 Å². The summed E-state index contributed by atoms with van der Waals surface area (Å²) in [5, 5.41) is 8.71. The summed E-state index contributed by atoms with van der Waals surface area (Å²) in [5.74, 6) is 0.557. The Morgan fingerprint density at radius 3 is 2.48 bits per heavy atom. The normalized spacial score (nSPS) is 16.1. The van der Waals surface area contributed by atoms with E-state index in [1.54, 1.807) is 18.2 Å². The molecule has 1 aliphatic heterocycles. The smallest absolute Gasteiger partial charge is 0.278 e. The lowest BCUT2D eigenvalue weighted by Gasteiger charge is -2.34. The molecule has 0 saturated carbocycles. The molecule has 0 radical (unpaired) electrons. The lowest BCUT2D eigenvalue weighted by atomic mass is 9.90. The lowest BCUT2D eigenvalue weighted by molar-refractivity contribution is -0.136. The maximum atomic E-state index is 13.2. The molecular formula is C23H26N4O2. The first kappa shape index (κ1) is 19.3. The number of piperidine rings is 1. The van der Waals surface area contributed by atoms with Crippen molar-refractivity contribution in [3.63, 3.8) is 0 Å². The second kappa shape index (κ2) is 8.55. The van der Waals surface area contributed by atoms with Crippen LogP contribution in [-0.2, 0) is 11.2 Å². The third-order valence-corrected chi connectivity index (χ3v) is 5.85. The second-order valence-electron chi connectivity index (χ2n) is 7.74. The van der Waals surface area contributed by atoms with E-state index in [-0.39, 0.29) is 11.5 Å². The highest BCUT2D eigenvalue weighted by Crippen LogP contribution is 2.24. The highest BCUT2D eigenvalue weighted by atomic mass is 16.2. The second-order valence-corrected chi connectivity index (χ2v) is 7.74. The largest absolute Gasteiger partial charge is 0.341 e. The van der Waals surface area contributed by atoms with Gasteiger partial charge in [0.15, 0.2) is 0 Å². The summed E-state index contributed by atoms with van der Waals surface area (Å²) in [5.41, 5.74) is 1.65. The van der Waals surface area contributed by atoms with Crippen LogP contribution < -0.4 is 5.56 Å². The Morgan fingerprint density at radius 1 is 1.07 bits per heavy atom.